The highest BCUT2D eigenvalue weighted by Gasteiger charge is 2.23. The summed E-state index contributed by atoms with van der Waals surface area (Å²) in [6.07, 6.45) is 3.55. The van der Waals surface area contributed by atoms with Crippen LogP contribution in [-0.4, -0.2) is 74.2 Å². The van der Waals surface area contributed by atoms with Gasteiger partial charge >= 0.3 is 0 Å². The van der Waals surface area contributed by atoms with E-state index in [4.69, 9.17) is 14.2 Å². The Hall–Kier alpha value is -4.30. The topological polar surface area (TPSA) is 84.1 Å². The molecule has 0 atom stereocenters. The molecule has 4 aromatic rings. The quantitative estimate of drug-likeness (QED) is 0.233. The van der Waals surface area contributed by atoms with Crippen LogP contribution < -0.4 is 9.47 Å². The molecule has 1 N–H and O–H groups in total. The van der Waals surface area contributed by atoms with Crippen LogP contribution >= 0.6 is 0 Å². The summed E-state index contributed by atoms with van der Waals surface area (Å²) >= 11 is 0. The van der Waals surface area contributed by atoms with Gasteiger partial charge in [0.1, 0.15) is 6.54 Å². The molecule has 0 aliphatic carbocycles. The number of carbonyl (C=O) groups excluding carboxylic acids is 2. The van der Waals surface area contributed by atoms with Gasteiger partial charge in [0.05, 0.1) is 20.8 Å². The molecule has 0 bridgehead atoms. The monoisotopic (exact) mass is 557 g/mol. The van der Waals surface area contributed by atoms with E-state index in [2.05, 4.69) is 18.0 Å². The number of benzene rings is 3. The summed E-state index contributed by atoms with van der Waals surface area (Å²) in [7, 11) is 4.77. The van der Waals surface area contributed by atoms with Gasteiger partial charge in [-0.2, -0.15) is 0 Å². The average Bonchev–Trinajstić information content (AvgIpc) is 3.43. The Kier molecular flexibility index (Phi) is 10.4. The number of para-hydroxylation sites is 1. The van der Waals surface area contributed by atoms with Gasteiger partial charge in [-0.25, -0.2) is 0 Å². The zero-order chi connectivity index (χ0) is 29.2. The van der Waals surface area contributed by atoms with E-state index >= 15 is 0 Å². The maximum atomic E-state index is 13.9. The van der Waals surface area contributed by atoms with Crippen molar-refractivity contribution in [3.8, 4) is 11.5 Å². The maximum absolute atomic E-state index is 13.9. The molecule has 1 heterocycles. The molecule has 4 rings (SSSR count). The van der Waals surface area contributed by atoms with Crippen LogP contribution in [0, 0.1) is 0 Å². The number of methoxy groups -OCH3 is 3. The molecule has 1 aromatic heterocycles. The van der Waals surface area contributed by atoms with Crippen molar-refractivity contribution < 1.29 is 23.8 Å². The molecule has 0 fully saturated rings. The summed E-state index contributed by atoms with van der Waals surface area (Å²) in [5, 5.41) is 1.14. The number of aryl methyl sites for hydroxylation is 1. The van der Waals surface area contributed by atoms with Gasteiger partial charge in [0, 0.05) is 49.4 Å². The van der Waals surface area contributed by atoms with Gasteiger partial charge in [0.25, 0.3) is 5.91 Å². The summed E-state index contributed by atoms with van der Waals surface area (Å²) in [6, 6.07) is 21.3. The lowest BCUT2D eigenvalue weighted by molar-refractivity contribution is -0.132. The molecule has 216 valence electrons. The van der Waals surface area contributed by atoms with Crippen molar-refractivity contribution in [1.82, 2.24) is 14.8 Å². The lowest BCUT2D eigenvalue weighted by atomic mass is 10.1. The van der Waals surface area contributed by atoms with Gasteiger partial charge in [-0.15, -0.1) is 0 Å². The van der Waals surface area contributed by atoms with Gasteiger partial charge in [-0.05, 0) is 59.9 Å². The average molecular weight is 558 g/mol. The summed E-state index contributed by atoms with van der Waals surface area (Å²) < 4.78 is 16.2. The van der Waals surface area contributed by atoms with Crippen LogP contribution in [0.2, 0.25) is 0 Å². The van der Waals surface area contributed by atoms with Crippen LogP contribution in [0.15, 0.2) is 72.9 Å². The lowest BCUT2D eigenvalue weighted by Gasteiger charge is -2.28. The van der Waals surface area contributed by atoms with Crippen molar-refractivity contribution in [3.63, 3.8) is 0 Å². The molecular formula is C33H39N3O5. The SMILES string of the molecule is CCc1ccc(C(=O)N(CCOC)CC(=O)N(CCc2c[nH]c3ccccc23)Cc2ccc(OC)c(OC)c2)cc1. The third-order valence-corrected chi connectivity index (χ3v) is 7.29. The molecule has 8 nitrogen and oxygen atoms in total. The number of carbonyl (C=O) groups is 2. The Morgan fingerprint density at radius 1 is 0.829 bits per heavy atom. The van der Waals surface area contributed by atoms with Gasteiger partial charge < -0.3 is 29.0 Å². The number of rotatable bonds is 14. The number of amides is 2. The molecule has 0 aliphatic rings. The molecule has 0 saturated heterocycles. The number of H-pyrrole nitrogens is 1. The first-order valence-electron chi connectivity index (χ1n) is 13.9. The minimum atomic E-state index is -0.194. The Balaban J connectivity index is 1.57. The fraction of sp³-hybridized carbons (Fsp3) is 0.333. The first kappa shape index (κ1) is 29.7. The molecular weight excluding hydrogens is 518 g/mol. The summed E-state index contributed by atoms with van der Waals surface area (Å²) in [6.45, 7) is 3.49. The second-order valence-corrected chi connectivity index (χ2v) is 9.88. The van der Waals surface area contributed by atoms with Gasteiger partial charge in [0.2, 0.25) is 5.91 Å². The number of fused-ring (bicyclic) bond motifs is 1. The highest BCUT2D eigenvalue weighted by atomic mass is 16.5. The standard InChI is InChI=1S/C33H39N3O5/c1-5-24-10-13-26(14-11-24)33(38)36(18-19-39-2)23-32(37)35(22-25-12-15-30(40-3)31(20-25)41-4)17-16-27-21-34-29-9-7-6-8-28(27)29/h6-15,20-21,34H,5,16-19,22-23H2,1-4H3. The predicted octanol–water partition coefficient (Wildman–Crippen LogP) is 5.11. The second-order valence-electron chi connectivity index (χ2n) is 9.88. The molecule has 41 heavy (non-hydrogen) atoms. The van der Waals surface area contributed by atoms with Crippen molar-refractivity contribution in [2.24, 2.45) is 0 Å². The maximum Gasteiger partial charge on any atom is 0.254 e. The van der Waals surface area contributed by atoms with Crippen LogP contribution in [-0.2, 0) is 28.9 Å². The predicted molar refractivity (Wildman–Crippen MR) is 161 cm³/mol. The third kappa shape index (κ3) is 7.46. The Morgan fingerprint density at radius 2 is 1.56 bits per heavy atom. The number of aromatic amines is 1. The summed E-state index contributed by atoms with van der Waals surface area (Å²) in [5.41, 5.74) is 4.80. The molecule has 3 aromatic carbocycles. The number of ether oxygens (including phenoxy) is 3. The van der Waals surface area contributed by atoms with Gasteiger partial charge in [-0.1, -0.05) is 43.3 Å². The highest BCUT2D eigenvalue weighted by molar-refractivity contribution is 5.96. The van der Waals surface area contributed by atoms with Crippen molar-refractivity contribution in [2.75, 3.05) is 47.6 Å². The third-order valence-electron chi connectivity index (χ3n) is 7.29. The van der Waals surface area contributed by atoms with Crippen molar-refractivity contribution in [3.05, 3.63) is 95.2 Å². The lowest BCUT2D eigenvalue weighted by Crippen LogP contribution is -2.44. The summed E-state index contributed by atoms with van der Waals surface area (Å²) in [5.74, 6) is 0.884. The Morgan fingerprint density at radius 3 is 2.27 bits per heavy atom. The first-order valence-corrected chi connectivity index (χ1v) is 13.9. The fourth-order valence-electron chi connectivity index (χ4n) is 4.87. The fourth-order valence-corrected chi connectivity index (χ4v) is 4.87. The first-order chi connectivity index (χ1) is 20.0. The number of nitrogens with one attached hydrogen (secondary N) is 1. The molecule has 0 unspecified atom stereocenters. The minimum absolute atomic E-state index is 0.0567. The van der Waals surface area contributed by atoms with E-state index in [9.17, 15) is 9.59 Å². The van der Waals surface area contributed by atoms with E-state index < -0.39 is 0 Å². The van der Waals surface area contributed by atoms with E-state index in [1.165, 1.54) is 0 Å². The van der Waals surface area contributed by atoms with Crippen LogP contribution in [0.4, 0.5) is 0 Å². The van der Waals surface area contributed by atoms with Crippen molar-refractivity contribution >= 4 is 22.7 Å². The minimum Gasteiger partial charge on any atom is -0.493 e. The molecule has 0 aliphatic heterocycles. The van der Waals surface area contributed by atoms with Gasteiger partial charge in [0.15, 0.2) is 11.5 Å². The smallest absolute Gasteiger partial charge is 0.254 e. The zero-order valence-electron chi connectivity index (χ0n) is 24.3. The van der Waals surface area contributed by atoms with E-state index in [1.807, 2.05) is 66.9 Å². The van der Waals surface area contributed by atoms with Crippen LogP contribution in [0.1, 0.15) is 34.0 Å². The number of hydrogen-bond acceptors (Lipinski definition) is 5. The number of nitrogens with zero attached hydrogens (tertiary/aromatic N) is 2. The molecule has 8 heteroatoms. The van der Waals surface area contributed by atoms with Crippen LogP contribution in [0.5, 0.6) is 11.5 Å². The van der Waals surface area contributed by atoms with Crippen molar-refractivity contribution in [1.29, 1.82) is 0 Å². The van der Waals surface area contributed by atoms with E-state index in [1.54, 1.807) is 31.1 Å². The zero-order valence-corrected chi connectivity index (χ0v) is 24.3. The number of hydrogen-bond donors (Lipinski definition) is 1. The van der Waals surface area contributed by atoms with Crippen LogP contribution in [0.3, 0.4) is 0 Å². The van der Waals surface area contributed by atoms with E-state index in [-0.39, 0.29) is 18.4 Å². The van der Waals surface area contributed by atoms with Gasteiger partial charge in [-0.3, -0.25) is 9.59 Å². The Bertz CT molecular complexity index is 1450. The number of aromatic nitrogens is 1. The van der Waals surface area contributed by atoms with E-state index in [0.29, 0.717) is 49.7 Å². The summed E-state index contributed by atoms with van der Waals surface area (Å²) in [4.78, 5) is 34.0. The van der Waals surface area contributed by atoms with E-state index in [0.717, 1.165) is 34.0 Å². The largest absolute Gasteiger partial charge is 0.493 e. The Labute approximate surface area is 241 Å². The van der Waals surface area contributed by atoms with Crippen molar-refractivity contribution in [2.45, 2.75) is 26.3 Å². The second kappa shape index (κ2) is 14.4. The molecule has 2 amide bonds. The normalized spacial score (nSPS) is 10.9. The molecule has 0 saturated carbocycles. The molecule has 0 radical (unpaired) electrons. The molecule has 0 spiro atoms. The van der Waals surface area contributed by atoms with Crippen LogP contribution in [0.25, 0.3) is 10.9 Å². The highest BCUT2D eigenvalue weighted by Crippen LogP contribution is 2.28.